The molecule has 0 aromatic heterocycles. The van der Waals surface area contributed by atoms with Gasteiger partial charge in [0.25, 0.3) is 0 Å². The minimum absolute atomic E-state index is 0.0978. The Morgan fingerprint density at radius 3 is 1.64 bits per heavy atom. The molecule has 5 heteroatoms. The molecule has 5 N–H and O–H groups in total. The maximum atomic E-state index is 9.50. The molecule has 1 heterocycles. The van der Waals surface area contributed by atoms with Crippen LogP contribution in [0.15, 0.2) is 0 Å². The van der Waals surface area contributed by atoms with Gasteiger partial charge in [-0.05, 0) is 0 Å². The van der Waals surface area contributed by atoms with Crippen LogP contribution in [-0.4, -0.2) is 57.9 Å². The summed E-state index contributed by atoms with van der Waals surface area (Å²) in [6.07, 6.45) is 0. The van der Waals surface area contributed by atoms with Crippen molar-refractivity contribution in [3.63, 3.8) is 0 Å². The van der Waals surface area contributed by atoms with E-state index in [4.69, 9.17) is 10.2 Å². The predicted octanol–water partition coefficient (Wildman–Crippen LogP) is -2.96. The van der Waals surface area contributed by atoms with E-state index in [1.807, 2.05) is 0 Å². The van der Waals surface area contributed by atoms with Crippen molar-refractivity contribution < 1.29 is 20.4 Å². The van der Waals surface area contributed by atoms with Gasteiger partial charge in [-0.3, -0.25) is 0 Å². The Kier molecular flexibility index (Phi) is 2.17. The van der Waals surface area contributed by atoms with Gasteiger partial charge in [0, 0.05) is 13.1 Å². The van der Waals surface area contributed by atoms with Crippen LogP contribution in [0.5, 0.6) is 0 Å². The Labute approximate surface area is 64.3 Å². The summed E-state index contributed by atoms with van der Waals surface area (Å²) >= 11 is 0. The van der Waals surface area contributed by atoms with Crippen LogP contribution in [0, 0.1) is 0 Å². The molecule has 1 rings (SSSR count). The maximum absolute atomic E-state index is 9.50. The van der Waals surface area contributed by atoms with E-state index < -0.39 is 24.4 Å². The lowest BCUT2D eigenvalue weighted by atomic mass is 9.87. The van der Waals surface area contributed by atoms with E-state index in [2.05, 4.69) is 5.32 Å². The molecular weight excluding hydrogens is 150 g/mol. The molecule has 1 aliphatic rings. The van der Waals surface area contributed by atoms with Gasteiger partial charge in [0.15, 0.2) is 0 Å². The van der Waals surface area contributed by atoms with Crippen LogP contribution in [0.4, 0.5) is 0 Å². The standard InChI is InChI=1S/C6H13NO4/c8-3-5(10)1-7-2-6(5,11)4-9/h7-11H,1-4H2. The maximum Gasteiger partial charge on any atom is 0.132 e. The number of β-amino-alcohol motifs (C(OH)–C–C–N with tert-alkyl or cyclic N) is 2. The van der Waals surface area contributed by atoms with E-state index in [0.717, 1.165) is 0 Å². The smallest absolute Gasteiger partial charge is 0.132 e. The zero-order chi connectivity index (χ0) is 8.54. The van der Waals surface area contributed by atoms with Gasteiger partial charge >= 0.3 is 0 Å². The van der Waals surface area contributed by atoms with Crippen LogP contribution >= 0.6 is 0 Å². The average molecular weight is 163 g/mol. The minimum Gasteiger partial charge on any atom is -0.393 e. The van der Waals surface area contributed by atoms with Crippen LogP contribution in [0.2, 0.25) is 0 Å². The van der Waals surface area contributed by atoms with Crippen molar-refractivity contribution >= 4 is 0 Å². The van der Waals surface area contributed by atoms with E-state index in [9.17, 15) is 10.2 Å². The zero-order valence-electron chi connectivity index (χ0n) is 6.12. The predicted molar refractivity (Wildman–Crippen MR) is 36.9 cm³/mol. The molecule has 11 heavy (non-hydrogen) atoms. The molecule has 0 spiro atoms. The molecule has 0 radical (unpaired) electrons. The van der Waals surface area contributed by atoms with Gasteiger partial charge < -0.3 is 25.7 Å². The van der Waals surface area contributed by atoms with Crippen molar-refractivity contribution in [2.24, 2.45) is 0 Å². The van der Waals surface area contributed by atoms with Gasteiger partial charge in [0.2, 0.25) is 0 Å². The van der Waals surface area contributed by atoms with Crippen molar-refractivity contribution in [1.29, 1.82) is 0 Å². The van der Waals surface area contributed by atoms with E-state index >= 15 is 0 Å². The highest BCUT2D eigenvalue weighted by molar-refractivity contribution is 5.07. The van der Waals surface area contributed by atoms with Crippen molar-refractivity contribution in [3.05, 3.63) is 0 Å². The SMILES string of the molecule is OCC1(O)CNCC1(O)CO. The van der Waals surface area contributed by atoms with E-state index in [0.29, 0.717) is 0 Å². The minimum atomic E-state index is -1.61. The fourth-order valence-corrected chi connectivity index (χ4v) is 1.21. The Bertz CT molecular complexity index is 138. The van der Waals surface area contributed by atoms with Gasteiger partial charge in [-0.1, -0.05) is 0 Å². The third-order valence-corrected chi connectivity index (χ3v) is 2.22. The molecule has 0 aromatic carbocycles. The highest BCUT2D eigenvalue weighted by Gasteiger charge is 2.52. The van der Waals surface area contributed by atoms with E-state index in [1.54, 1.807) is 0 Å². The molecule has 1 fully saturated rings. The summed E-state index contributed by atoms with van der Waals surface area (Å²) in [6.45, 7) is -0.921. The van der Waals surface area contributed by atoms with Gasteiger partial charge in [-0.25, -0.2) is 0 Å². The third-order valence-electron chi connectivity index (χ3n) is 2.22. The Morgan fingerprint density at radius 1 is 1.00 bits per heavy atom. The summed E-state index contributed by atoms with van der Waals surface area (Å²) in [5.41, 5.74) is -3.22. The van der Waals surface area contributed by atoms with Crippen molar-refractivity contribution in [2.75, 3.05) is 26.3 Å². The Morgan fingerprint density at radius 2 is 1.36 bits per heavy atom. The fraction of sp³-hybridized carbons (Fsp3) is 1.00. The first-order valence-corrected chi connectivity index (χ1v) is 3.45. The van der Waals surface area contributed by atoms with Gasteiger partial charge in [-0.2, -0.15) is 0 Å². The van der Waals surface area contributed by atoms with Crippen LogP contribution in [0.25, 0.3) is 0 Å². The summed E-state index contributed by atoms with van der Waals surface area (Å²) in [5, 5.41) is 39.1. The molecule has 1 saturated heterocycles. The molecule has 0 aliphatic carbocycles. The highest BCUT2D eigenvalue weighted by Crippen LogP contribution is 2.25. The molecule has 2 unspecified atom stereocenters. The first-order chi connectivity index (χ1) is 5.08. The highest BCUT2D eigenvalue weighted by atomic mass is 16.4. The van der Waals surface area contributed by atoms with E-state index in [1.165, 1.54) is 0 Å². The topological polar surface area (TPSA) is 93.0 Å². The molecular formula is C6H13NO4. The van der Waals surface area contributed by atoms with Crippen LogP contribution in [0.1, 0.15) is 0 Å². The first-order valence-electron chi connectivity index (χ1n) is 3.45. The lowest BCUT2D eigenvalue weighted by Gasteiger charge is -2.33. The number of hydrogen-bond acceptors (Lipinski definition) is 5. The van der Waals surface area contributed by atoms with Gasteiger partial charge in [-0.15, -0.1) is 0 Å². The van der Waals surface area contributed by atoms with Gasteiger partial charge in [0.05, 0.1) is 13.2 Å². The lowest BCUT2D eigenvalue weighted by Crippen LogP contribution is -2.58. The molecule has 5 nitrogen and oxygen atoms in total. The Hall–Kier alpha value is -0.200. The second-order valence-electron chi connectivity index (χ2n) is 2.98. The molecule has 66 valence electrons. The molecule has 0 amide bonds. The zero-order valence-corrected chi connectivity index (χ0v) is 6.12. The van der Waals surface area contributed by atoms with Crippen LogP contribution < -0.4 is 5.32 Å². The van der Waals surface area contributed by atoms with Crippen LogP contribution in [0.3, 0.4) is 0 Å². The molecule has 2 atom stereocenters. The summed E-state index contributed by atoms with van der Waals surface area (Å²) in [4.78, 5) is 0. The normalized spacial score (nSPS) is 44.7. The average Bonchev–Trinajstić information content (AvgIpc) is 2.31. The number of nitrogens with one attached hydrogen (secondary N) is 1. The van der Waals surface area contributed by atoms with Crippen molar-refractivity contribution in [3.8, 4) is 0 Å². The second-order valence-corrected chi connectivity index (χ2v) is 2.98. The summed E-state index contributed by atoms with van der Waals surface area (Å²) in [7, 11) is 0. The summed E-state index contributed by atoms with van der Waals surface area (Å²) in [5.74, 6) is 0. The summed E-state index contributed by atoms with van der Waals surface area (Å²) < 4.78 is 0. The monoisotopic (exact) mass is 163 g/mol. The number of rotatable bonds is 2. The molecule has 0 bridgehead atoms. The first kappa shape index (κ1) is 8.89. The van der Waals surface area contributed by atoms with Crippen LogP contribution in [-0.2, 0) is 0 Å². The van der Waals surface area contributed by atoms with E-state index in [-0.39, 0.29) is 13.1 Å². The number of aliphatic hydroxyl groups excluding tert-OH is 2. The molecule has 0 aromatic rings. The molecule has 1 aliphatic heterocycles. The number of aliphatic hydroxyl groups is 4. The number of hydrogen-bond donors (Lipinski definition) is 5. The lowest BCUT2D eigenvalue weighted by molar-refractivity contribution is -0.158. The van der Waals surface area contributed by atoms with Crippen molar-refractivity contribution in [1.82, 2.24) is 5.32 Å². The quantitative estimate of drug-likeness (QED) is 0.300. The largest absolute Gasteiger partial charge is 0.393 e. The summed E-state index contributed by atoms with van der Waals surface area (Å²) in [6, 6.07) is 0. The van der Waals surface area contributed by atoms with Gasteiger partial charge in [0.1, 0.15) is 11.2 Å². The van der Waals surface area contributed by atoms with Crippen molar-refractivity contribution in [2.45, 2.75) is 11.2 Å². The fourth-order valence-electron chi connectivity index (χ4n) is 1.21. The molecule has 0 saturated carbocycles. The third kappa shape index (κ3) is 1.15. The Balaban J connectivity index is 2.79. The second kappa shape index (κ2) is 2.69.